The first-order valence-corrected chi connectivity index (χ1v) is 10.7. The van der Waals surface area contributed by atoms with Gasteiger partial charge < -0.3 is 21.1 Å². The highest BCUT2D eigenvalue weighted by Gasteiger charge is 2.23. The van der Waals surface area contributed by atoms with Crippen LogP contribution in [0.1, 0.15) is 46.6 Å². The van der Waals surface area contributed by atoms with E-state index in [2.05, 4.69) is 10.6 Å². The highest BCUT2D eigenvalue weighted by atomic mass is 32.2. The second-order valence-corrected chi connectivity index (χ2v) is 9.08. The Labute approximate surface area is 181 Å². The van der Waals surface area contributed by atoms with Gasteiger partial charge in [0.1, 0.15) is 5.60 Å². The molecule has 1 aromatic carbocycles. The van der Waals surface area contributed by atoms with Gasteiger partial charge in [0.2, 0.25) is 5.91 Å². The Hall–Kier alpha value is -2.39. The maximum Gasteiger partial charge on any atom is 0.397 e. The van der Waals surface area contributed by atoms with Crippen molar-refractivity contribution in [1.29, 1.82) is 0 Å². The molecule has 0 saturated heterocycles. The number of esters is 1. The van der Waals surface area contributed by atoms with E-state index in [1.807, 2.05) is 6.92 Å². The maximum atomic E-state index is 12.1. The SMILES string of the molecule is CC[C@H](N)C(=O)N[C@@H](CSC(C)=O)Cc1ccc(NC(=O)C(=O)OC(C)(C)C)cc1. The van der Waals surface area contributed by atoms with Crippen LogP contribution in [0.25, 0.3) is 0 Å². The molecular formula is C21H31N3O5S. The fraction of sp³-hybridized carbons (Fsp3) is 0.524. The lowest BCUT2D eigenvalue weighted by atomic mass is 10.1. The highest BCUT2D eigenvalue weighted by Crippen LogP contribution is 2.15. The molecule has 2 atom stereocenters. The van der Waals surface area contributed by atoms with Gasteiger partial charge in [-0.1, -0.05) is 30.8 Å². The summed E-state index contributed by atoms with van der Waals surface area (Å²) in [6.07, 6.45) is 1.01. The van der Waals surface area contributed by atoms with E-state index in [0.29, 0.717) is 24.3 Å². The van der Waals surface area contributed by atoms with Crippen LogP contribution in [0.2, 0.25) is 0 Å². The van der Waals surface area contributed by atoms with Crippen LogP contribution in [0.3, 0.4) is 0 Å². The lowest BCUT2D eigenvalue weighted by Gasteiger charge is -2.20. The normalized spacial score (nSPS) is 13.1. The Kier molecular flexibility index (Phi) is 10.0. The van der Waals surface area contributed by atoms with Gasteiger partial charge in [0, 0.05) is 24.4 Å². The molecule has 0 aromatic heterocycles. The second kappa shape index (κ2) is 11.7. The predicted octanol–water partition coefficient (Wildman–Crippen LogP) is 2.01. The topological polar surface area (TPSA) is 128 Å². The molecule has 8 nitrogen and oxygen atoms in total. The molecule has 0 bridgehead atoms. The number of hydrogen-bond acceptors (Lipinski definition) is 7. The van der Waals surface area contributed by atoms with Crippen molar-refractivity contribution in [3.05, 3.63) is 29.8 Å². The number of nitrogens with one attached hydrogen (secondary N) is 2. The third kappa shape index (κ3) is 9.89. The molecule has 1 aromatic rings. The van der Waals surface area contributed by atoms with Gasteiger partial charge in [-0.15, -0.1) is 0 Å². The van der Waals surface area contributed by atoms with Crippen molar-refractivity contribution in [2.75, 3.05) is 11.1 Å². The predicted molar refractivity (Wildman–Crippen MR) is 118 cm³/mol. The van der Waals surface area contributed by atoms with Crippen LogP contribution >= 0.6 is 11.8 Å². The van der Waals surface area contributed by atoms with Gasteiger partial charge in [-0.3, -0.25) is 14.4 Å². The lowest BCUT2D eigenvalue weighted by Crippen LogP contribution is -2.47. The van der Waals surface area contributed by atoms with Crippen molar-refractivity contribution in [2.24, 2.45) is 5.73 Å². The Bertz CT molecular complexity index is 759. The van der Waals surface area contributed by atoms with E-state index in [-0.39, 0.29) is 17.1 Å². The molecule has 0 aliphatic rings. The lowest BCUT2D eigenvalue weighted by molar-refractivity contribution is -0.161. The van der Waals surface area contributed by atoms with E-state index < -0.39 is 23.5 Å². The summed E-state index contributed by atoms with van der Waals surface area (Å²) in [4.78, 5) is 47.2. The van der Waals surface area contributed by atoms with Crippen molar-refractivity contribution in [3.8, 4) is 0 Å². The zero-order chi connectivity index (χ0) is 22.9. The monoisotopic (exact) mass is 437 g/mol. The molecule has 0 spiro atoms. The number of thioether (sulfide) groups is 1. The molecule has 0 heterocycles. The Morgan fingerprint density at radius 1 is 1.13 bits per heavy atom. The molecule has 4 N–H and O–H groups in total. The largest absolute Gasteiger partial charge is 0.453 e. The van der Waals surface area contributed by atoms with Crippen LogP contribution in [0.4, 0.5) is 5.69 Å². The fourth-order valence-corrected chi connectivity index (χ4v) is 3.02. The van der Waals surface area contributed by atoms with E-state index in [9.17, 15) is 19.2 Å². The van der Waals surface area contributed by atoms with E-state index >= 15 is 0 Å². The molecule has 0 fully saturated rings. The summed E-state index contributed by atoms with van der Waals surface area (Å²) in [7, 11) is 0. The van der Waals surface area contributed by atoms with Crippen LogP contribution in [0.15, 0.2) is 24.3 Å². The Morgan fingerprint density at radius 3 is 2.23 bits per heavy atom. The number of amides is 2. The number of benzene rings is 1. The van der Waals surface area contributed by atoms with Gasteiger partial charge in [0.05, 0.1) is 6.04 Å². The summed E-state index contributed by atoms with van der Waals surface area (Å²) in [6, 6.07) is 6.01. The number of anilines is 1. The molecule has 2 amide bonds. The highest BCUT2D eigenvalue weighted by molar-refractivity contribution is 8.13. The van der Waals surface area contributed by atoms with Gasteiger partial charge in [0.15, 0.2) is 5.12 Å². The molecule has 1 rings (SSSR count). The van der Waals surface area contributed by atoms with Crippen LogP contribution in [0.5, 0.6) is 0 Å². The molecule has 30 heavy (non-hydrogen) atoms. The molecule has 0 radical (unpaired) electrons. The van der Waals surface area contributed by atoms with E-state index in [4.69, 9.17) is 10.5 Å². The molecular weight excluding hydrogens is 406 g/mol. The zero-order valence-corrected chi connectivity index (χ0v) is 18.9. The summed E-state index contributed by atoms with van der Waals surface area (Å²) >= 11 is 1.14. The number of hydrogen-bond donors (Lipinski definition) is 3. The molecule has 166 valence electrons. The Balaban J connectivity index is 2.75. The molecule has 9 heteroatoms. The standard InChI is InChI=1S/C21H31N3O5S/c1-6-17(22)18(26)24-16(12-30-13(2)25)11-14-7-9-15(10-8-14)23-19(27)20(28)29-21(3,4)5/h7-10,16-17H,6,11-12,22H2,1-5H3,(H,23,27)(H,24,26)/t16-,17+/m1/s1. The van der Waals surface area contributed by atoms with Crippen LogP contribution < -0.4 is 16.4 Å². The third-order valence-electron chi connectivity index (χ3n) is 3.89. The van der Waals surface area contributed by atoms with E-state index in [1.165, 1.54) is 6.92 Å². The first-order valence-electron chi connectivity index (χ1n) is 9.74. The zero-order valence-electron chi connectivity index (χ0n) is 18.1. The van der Waals surface area contributed by atoms with Gasteiger partial charge in [-0.25, -0.2) is 4.79 Å². The first kappa shape index (κ1) is 25.6. The molecule has 0 unspecified atom stereocenters. The summed E-state index contributed by atoms with van der Waals surface area (Å²) in [5, 5.41) is 5.35. The van der Waals surface area contributed by atoms with Crippen molar-refractivity contribution in [1.82, 2.24) is 5.32 Å². The summed E-state index contributed by atoms with van der Waals surface area (Å²) in [5.41, 5.74) is 6.36. The minimum absolute atomic E-state index is 0.0331. The molecule has 0 saturated carbocycles. The van der Waals surface area contributed by atoms with Crippen LogP contribution in [-0.4, -0.2) is 46.3 Å². The number of ether oxygens (including phenoxy) is 1. The average molecular weight is 438 g/mol. The van der Waals surface area contributed by atoms with Crippen LogP contribution in [-0.2, 0) is 30.3 Å². The van der Waals surface area contributed by atoms with Gasteiger partial charge in [-0.2, -0.15) is 0 Å². The van der Waals surface area contributed by atoms with Gasteiger partial charge in [0.25, 0.3) is 0 Å². The van der Waals surface area contributed by atoms with Crippen molar-refractivity contribution < 1.29 is 23.9 Å². The maximum absolute atomic E-state index is 12.1. The van der Waals surface area contributed by atoms with Crippen LogP contribution in [0, 0.1) is 0 Å². The van der Waals surface area contributed by atoms with Gasteiger partial charge >= 0.3 is 11.9 Å². The Morgan fingerprint density at radius 2 is 1.73 bits per heavy atom. The minimum atomic E-state index is -0.956. The molecule has 0 aliphatic carbocycles. The summed E-state index contributed by atoms with van der Waals surface area (Å²) in [6.45, 7) is 8.34. The number of nitrogens with two attached hydrogens (primary N) is 1. The van der Waals surface area contributed by atoms with E-state index in [0.717, 1.165) is 17.3 Å². The minimum Gasteiger partial charge on any atom is -0.453 e. The number of rotatable bonds is 8. The summed E-state index contributed by atoms with van der Waals surface area (Å²) < 4.78 is 5.03. The first-order chi connectivity index (χ1) is 13.9. The third-order valence-corrected chi connectivity index (χ3v) is 4.86. The van der Waals surface area contributed by atoms with E-state index in [1.54, 1.807) is 45.0 Å². The number of carbonyl (C=O) groups excluding carboxylic acids is 4. The summed E-state index contributed by atoms with van der Waals surface area (Å²) in [5.74, 6) is -1.64. The number of carbonyl (C=O) groups is 4. The van der Waals surface area contributed by atoms with Gasteiger partial charge in [-0.05, 0) is 51.3 Å². The fourth-order valence-electron chi connectivity index (χ4n) is 2.38. The quantitative estimate of drug-likeness (QED) is 0.419. The smallest absolute Gasteiger partial charge is 0.397 e. The van der Waals surface area contributed by atoms with Crippen molar-refractivity contribution in [2.45, 2.75) is 65.1 Å². The average Bonchev–Trinajstić information content (AvgIpc) is 2.65. The van der Waals surface area contributed by atoms with Crippen molar-refractivity contribution in [3.63, 3.8) is 0 Å². The van der Waals surface area contributed by atoms with Crippen molar-refractivity contribution >= 4 is 40.3 Å². The molecule has 0 aliphatic heterocycles. The second-order valence-electron chi connectivity index (χ2n) is 7.88.